The van der Waals surface area contributed by atoms with Gasteiger partial charge in [0.2, 0.25) is 5.95 Å². The zero-order valence-corrected chi connectivity index (χ0v) is 11.8. The number of halogens is 1. The lowest BCUT2D eigenvalue weighted by Crippen LogP contribution is -2.19. The van der Waals surface area contributed by atoms with Gasteiger partial charge in [0.15, 0.2) is 0 Å². The van der Waals surface area contributed by atoms with Gasteiger partial charge in [-0.2, -0.15) is 4.98 Å². The molecule has 0 bridgehead atoms. The fraction of sp³-hybridized carbons (Fsp3) is 0.636. The Morgan fingerprint density at radius 3 is 3.06 bits per heavy atom. The molecule has 1 unspecified atom stereocenters. The molecule has 0 aliphatic carbocycles. The van der Waals surface area contributed by atoms with Crippen LogP contribution in [0.4, 0.5) is 11.8 Å². The van der Waals surface area contributed by atoms with Gasteiger partial charge < -0.3 is 15.5 Å². The van der Waals surface area contributed by atoms with E-state index in [1.54, 1.807) is 6.20 Å². The molecule has 0 saturated carbocycles. The number of nitrogens with zero attached hydrogens (tertiary/aromatic N) is 3. The van der Waals surface area contributed by atoms with Crippen LogP contribution in [0.2, 0.25) is 0 Å². The molecule has 0 radical (unpaired) electrons. The number of nitrogens with one attached hydrogen (secondary N) is 2. The molecule has 1 aliphatic heterocycles. The van der Waals surface area contributed by atoms with Gasteiger partial charge in [-0.1, -0.05) is 0 Å². The fourth-order valence-electron chi connectivity index (χ4n) is 2.05. The molecule has 1 aromatic rings. The lowest BCUT2D eigenvalue weighted by Gasteiger charge is -2.13. The van der Waals surface area contributed by atoms with Crippen LogP contribution in [0.25, 0.3) is 0 Å². The Morgan fingerprint density at radius 2 is 2.41 bits per heavy atom. The van der Waals surface area contributed by atoms with Gasteiger partial charge in [-0.15, -0.1) is 0 Å². The summed E-state index contributed by atoms with van der Waals surface area (Å²) in [4.78, 5) is 10.9. The number of rotatable bonds is 4. The Bertz CT molecular complexity index is 384. The molecule has 2 N–H and O–H groups in total. The van der Waals surface area contributed by atoms with Crippen molar-refractivity contribution in [3.05, 3.63) is 10.7 Å². The van der Waals surface area contributed by atoms with E-state index in [4.69, 9.17) is 0 Å². The molecule has 1 aliphatic rings. The lowest BCUT2D eigenvalue weighted by atomic mass is 10.1. The summed E-state index contributed by atoms with van der Waals surface area (Å²) in [7, 11) is 3.98. The third-order valence-electron chi connectivity index (χ3n) is 3.01. The summed E-state index contributed by atoms with van der Waals surface area (Å²) < 4.78 is 0.905. The number of aromatic nitrogens is 2. The highest BCUT2D eigenvalue weighted by Gasteiger charge is 2.19. The Labute approximate surface area is 110 Å². The van der Waals surface area contributed by atoms with E-state index in [0.29, 0.717) is 11.9 Å². The predicted molar refractivity (Wildman–Crippen MR) is 73.4 cm³/mol. The Hall–Kier alpha value is -0.880. The third-order valence-corrected chi connectivity index (χ3v) is 3.60. The molecule has 1 fully saturated rings. The molecule has 5 nitrogen and oxygen atoms in total. The molecular weight excluding hydrogens is 282 g/mol. The number of likely N-dealkylation sites (tertiary alicyclic amines) is 1. The van der Waals surface area contributed by atoms with Crippen LogP contribution in [0.15, 0.2) is 10.7 Å². The molecule has 2 heterocycles. The zero-order chi connectivity index (χ0) is 12.3. The molecule has 94 valence electrons. The average molecular weight is 300 g/mol. The van der Waals surface area contributed by atoms with Gasteiger partial charge in [-0.05, 0) is 41.9 Å². The topological polar surface area (TPSA) is 53.1 Å². The molecule has 1 saturated heterocycles. The highest BCUT2D eigenvalue weighted by atomic mass is 79.9. The Kier molecular flexibility index (Phi) is 4.17. The minimum absolute atomic E-state index is 0.638. The van der Waals surface area contributed by atoms with E-state index >= 15 is 0 Å². The summed E-state index contributed by atoms with van der Waals surface area (Å²) in [5.41, 5.74) is 0. The summed E-state index contributed by atoms with van der Waals surface area (Å²) in [5, 5.41) is 6.32. The highest BCUT2D eigenvalue weighted by Crippen LogP contribution is 2.21. The predicted octanol–water partition coefficient (Wildman–Crippen LogP) is 1.64. The van der Waals surface area contributed by atoms with Crippen LogP contribution < -0.4 is 10.6 Å². The van der Waals surface area contributed by atoms with Crippen LogP contribution >= 0.6 is 15.9 Å². The van der Waals surface area contributed by atoms with Crippen LogP contribution in [-0.4, -0.2) is 48.6 Å². The first kappa shape index (κ1) is 12.6. The molecule has 17 heavy (non-hydrogen) atoms. The summed E-state index contributed by atoms with van der Waals surface area (Å²) >= 11 is 3.46. The first-order valence-corrected chi connectivity index (χ1v) is 6.61. The largest absolute Gasteiger partial charge is 0.369 e. The van der Waals surface area contributed by atoms with E-state index in [0.717, 1.165) is 23.4 Å². The van der Waals surface area contributed by atoms with Crippen molar-refractivity contribution in [2.24, 2.45) is 5.92 Å². The molecule has 1 atom stereocenters. The van der Waals surface area contributed by atoms with Crippen molar-refractivity contribution in [2.75, 3.05) is 44.4 Å². The maximum absolute atomic E-state index is 4.38. The van der Waals surface area contributed by atoms with E-state index in [9.17, 15) is 0 Å². The number of hydrogen-bond acceptors (Lipinski definition) is 5. The van der Waals surface area contributed by atoms with Crippen molar-refractivity contribution in [1.82, 2.24) is 14.9 Å². The number of hydrogen-bond donors (Lipinski definition) is 2. The van der Waals surface area contributed by atoms with Crippen molar-refractivity contribution in [3.8, 4) is 0 Å². The van der Waals surface area contributed by atoms with Gasteiger partial charge in [0.1, 0.15) is 5.82 Å². The Balaban J connectivity index is 1.94. The van der Waals surface area contributed by atoms with Crippen molar-refractivity contribution in [1.29, 1.82) is 0 Å². The highest BCUT2D eigenvalue weighted by molar-refractivity contribution is 9.10. The second-order valence-corrected chi connectivity index (χ2v) is 5.29. The zero-order valence-electron chi connectivity index (χ0n) is 10.2. The summed E-state index contributed by atoms with van der Waals surface area (Å²) in [6, 6.07) is 0. The molecule has 2 rings (SSSR count). The van der Waals surface area contributed by atoms with Gasteiger partial charge in [0.05, 0.1) is 4.47 Å². The van der Waals surface area contributed by atoms with Crippen molar-refractivity contribution in [3.63, 3.8) is 0 Å². The molecule has 0 aromatic carbocycles. The van der Waals surface area contributed by atoms with Gasteiger partial charge >= 0.3 is 0 Å². The summed E-state index contributed by atoms with van der Waals surface area (Å²) in [5.74, 6) is 2.21. The Morgan fingerprint density at radius 1 is 1.59 bits per heavy atom. The molecule has 0 spiro atoms. The van der Waals surface area contributed by atoms with Crippen molar-refractivity contribution < 1.29 is 0 Å². The summed E-state index contributed by atoms with van der Waals surface area (Å²) in [6.45, 7) is 3.32. The second-order valence-electron chi connectivity index (χ2n) is 4.44. The van der Waals surface area contributed by atoms with Gasteiger partial charge in [0.25, 0.3) is 0 Å². The minimum Gasteiger partial charge on any atom is -0.369 e. The van der Waals surface area contributed by atoms with Gasteiger partial charge in [-0.25, -0.2) is 4.98 Å². The molecule has 1 aromatic heterocycles. The van der Waals surface area contributed by atoms with Crippen LogP contribution in [-0.2, 0) is 0 Å². The number of anilines is 2. The maximum atomic E-state index is 4.38. The van der Waals surface area contributed by atoms with E-state index in [-0.39, 0.29) is 0 Å². The molecular formula is C11H18BrN5. The lowest BCUT2D eigenvalue weighted by molar-refractivity contribution is 0.399. The standard InChI is InChI=1S/C11H18BrN5/c1-13-11-15-6-9(12)10(16-11)14-5-8-3-4-17(2)7-8/h6,8H,3-5,7H2,1-2H3,(H2,13,14,15,16). The first-order chi connectivity index (χ1) is 8.19. The van der Waals surface area contributed by atoms with Crippen molar-refractivity contribution in [2.45, 2.75) is 6.42 Å². The van der Waals surface area contributed by atoms with Gasteiger partial charge in [0, 0.05) is 26.3 Å². The summed E-state index contributed by atoms with van der Waals surface area (Å²) in [6.07, 6.45) is 3.02. The van der Waals surface area contributed by atoms with E-state index in [1.165, 1.54) is 13.0 Å². The van der Waals surface area contributed by atoms with Crippen molar-refractivity contribution >= 4 is 27.7 Å². The SMILES string of the molecule is CNc1ncc(Br)c(NCC2CCN(C)C2)n1. The molecule has 6 heteroatoms. The third kappa shape index (κ3) is 3.29. The average Bonchev–Trinajstić information content (AvgIpc) is 2.74. The normalized spacial score (nSPS) is 20.5. The van der Waals surface area contributed by atoms with Crippen LogP contribution in [0, 0.1) is 5.92 Å². The smallest absolute Gasteiger partial charge is 0.224 e. The van der Waals surface area contributed by atoms with Crippen LogP contribution in [0.1, 0.15) is 6.42 Å². The first-order valence-electron chi connectivity index (χ1n) is 5.81. The quantitative estimate of drug-likeness (QED) is 0.885. The van der Waals surface area contributed by atoms with E-state index in [1.807, 2.05) is 7.05 Å². The fourth-order valence-corrected chi connectivity index (χ4v) is 2.38. The van der Waals surface area contributed by atoms with Gasteiger partial charge in [-0.3, -0.25) is 0 Å². The minimum atomic E-state index is 0.638. The maximum Gasteiger partial charge on any atom is 0.224 e. The van der Waals surface area contributed by atoms with E-state index in [2.05, 4.69) is 48.5 Å². The van der Waals surface area contributed by atoms with E-state index < -0.39 is 0 Å². The second kappa shape index (κ2) is 5.64. The molecule has 0 amide bonds. The van der Waals surface area contributed by atoms with Crippen LogP contribution in [0.5, 0.6) is 0 Å². The van der Waals surface area contributed by atoms with Crippen LogP contribution in [0.3, 0.4) is 0 Å². The monoisotopic (exact) mass is 299 g/mol.